The van der Waals surface area contributed by atoms with Gasteiger partial charge in [-0.1, -0.05) is 17.7 Å². The summed E-state index contributed by atoms with van der Waals surface area (Å²) in [4.78, 5) is 11.4. The van der Waals surface area contributed by atoms with Crippen LogP contribution in [-0.2, 0) is 0 Å². The molecule has 0 amide bonds. The molecule has 0 aliphatic rings. The number of aromatic carboxylic acids is 1. The van der Waals surface area contributed by atoms with Crippen molar-refractivity contribution in [2.75, 3.05) is 0 Å². The Morgan fingerprint density at radius 3 is 2.71 bits per heavy atom. The van der Waals surface area contributed by atoms with Crippen molar-refractivity contribution in [1.82, 2.24) is 9.78 Å². The number of nitrogens with zero attached hydrogens (tertiary/aromatic N) is 2. The van der Waals surface area contributed by atoms with Gasteiger partial charge in [0.15, 0.2) is 0 Å². The van der Waals surface area contributed by atoms with Gasteiger partial charge in [0.1, 0.15) is 11.3 Å². The zero-order valence-corrected chi connectivity index (χ0v) is 11.7. The summed E-state index contributed by atoms with van der Waals surface area (Å²) < 4.78 is 6.61. The molecule has 0 bridgehead atoms. The van der Waals surface area contributed by atoms with Crippen LogP contribution in [-0.4, -0.2) is 20.9 Å². The van der Waals surface area contributed by atoms with Crippen molar-refractivity contribution >= 4 is 5.97 Å². The molecule has 0 atom stereocenters. The molecule has 5 nitrogen and oxygen atoms in total. The molecule has 0 radical (unpaired) electrons. The first-order valence-electron chi connectivity index (χ1n) is 6.49. The number of carboxylic acids is 1. The molecule has 0 aliphatic heterocycles. The quantitative estimate of drug-likeness (QED) is 0.799. The van der Waals surface area contributed by atoms with E-state index in [0.29, 0.717) is 11.3 Å². The zero-order chi connectivity index (χ0) is 15.0. The van der Waals surface area contributed by atoms with E-state index in [-0.39, 0.29) is 5.56 Å². The van der Waals surface area contributed by atoms with E-state index >= 15 is 0 Å². The first-order chi connectivity index (χ1) is 10.1. The highest BCUT2D eigenvalue weighted by atomic mass is 16.4. The van der Waals surface area contributed by atoms with Gasteiger partial charge in [0.2, 0.25) is 0 Å². The maximum Gasteiger partial charge on any atom is 0.339 e. The first kappa shape index (κ1) is 13.2. The summed E-state index contributed by atoms with van der Waals surface area (Å²) in [5.74, 6) is -1.01. The fraction of sp³-hybridized carbons (Fsp3) is 0.125. The van der Waals surface area contributed by atoms with Gasteiger partial charge < -0.3 is 9.52 Å². The predicted molar refractivity (Wildman–Crippen MR) is 77.7 cm³/mol. The third-order valence-corrected chi connectivity index (χ3v) is 3.34. The lowest BCUT2D eigenvalue weighted by atomic mass is 10.1. The Balaban J connectivity index is 2.17. The highest BCUT2D eigenvalue weighted by molar-refractivity contribution is 5.94. The van der Waals surface area contributed by atoms with Crippen LogP contribution >= 0.6 is 0 Å². The number of rotatable bonds is 3. The predicted octanol–water partition coefficient (Wildman–Crippen LogP) is 3.45. The molecule has 2 heterocycles. The second-order valence-electron chi connectivity index (χ2n) is 4.94. The van der Waals surface area contributed by atoms with Crippen LogP contribution in [0.1, 0.15) is 21.5 Å². The standard InChI is InChI=1S/C16H14N2O3/c1-10-3-4-14(11(2)7-10)18-8-13(16(19)20)15(17-18)12-5-6-21-9-12/h3-9H,1-2H3,(H,19,20). The van der Waals surface area contributed by atoms with Gasteiger partial charge in [0, 0.05) is 11.8 Å². The van der Waals surface area contributed by atoms with Crippen LogP contribution in [0, 0.1) is 13.8 Å². The Morgan fingerprint density at radius 2 is 2.10 bits per heavy atom. The lowest BCUT2D eigenvalue weighted by molar-refractivity contribution is 0.0697. The maximum absolute atomic E-state index is 11.4. The third-order valence-electron chi connectivity index (χ3n) is 3.34. The van der Waals surface area contributed by atoms with Crippen molar-refractivity contribution in [3.05, 3.63) is 59.7 Å². The van der Waals surface area contributed by atoms with Crippen molar-refractivity contribution in [3.8, 4) is 16.9 Å². The van der Waals surface area contributed by atoms with Crippen molar-refractivity contribution < 1.29 is 14.3 Å². The monoisotopic (exact) mass is 282 g/mol. The Kier molecular flexibility index (Phi) is 3.10. The number of aryl methyl sites for hydroxylation is 2. The van der Waals surface area contributed by atoms with Crippen molar-refractivity contribution in [2.45, 2.75) is 13.8 Å². The number of benzene rings is 1. The summed E-state index contributed by atoms with van der Waals surface area (Å²) in [5, 5.41) is 13.8. The van der Waals surface area contributed by atoms with E-state index in [1.807, 2.05) is 32.0 Å². The lowest BCUT2D eigenvalue weighted by Gasteiger charge is -2.06. The maximum atomic E-state index is 11.4. The first-order valence-corrected chi connectivity index (χ1v) is 6.49. The minimum Gasteiger partial charge on any atom is -0.478 e. The number of furan rings is 1. The van der Waals surface area contributed by atoms with Gasteiger partial charge in [-0.2, -0.15) is 5.10 Å². The SMILES string of the molecule is Cc1ccc(-n2cc(C(=O)O)c(-c3ccoc3)n2)c(C)c1. The Labute approximate surface area is 121 Å². The van der Waals surface area contributed by atoms with Gasteiger partial charge in [-0.05, 0) is 31.5 Å². The van der Waals surface area contributed by atoms with Crippen molar-refractivity contribution in [2.24, 2.45) is 0 Å². The minimum absolute atomic E-state index is 0.149. The molecule has 0 fully saturated rings. The lowest BCUT2D eigenvalue weighted by Crippen LogP contribution is -1.98. The van der Waals surface area contributed by atoms with Gasteiger partial charge in [-0.25, -0.2) is 9.48 Å². The van der Waals surface area contributed by atoms with E-state index < -0.39 is 5.97 Å². The Hall–Kier alpha value is -2.82. The summed E-state index contributed by atoms with van der Waals surface area (Å²) in [5.41, 5.74) is 4.24. The fourth-order valence-electron chi connectivity index (χ4n) is 2.33. The van der Waals surface area contributed by atoms with Crippen molar-refractivity contribution in [1.29, 1.82) is 0 Å². The van der Waals surface area contributed by atoms with E-state index in [9.17, 15) is 9.90 Å². The van der Waals surface area contributed by atoms with Crippen LogP contribution in [0.15, 0.2) is 47.4 Å². The van der Waals surface area contributed by atoms with Crippen LogP contribution in [0.25, 0.3) is 16.9 Å². The number of aromatic nitrogens is 2. The topological polar surface area (TPSA) is 68.3 Å². The second-order valence-corrected chi connectivity index (χ2v) is 4.94. The molecule has 0 saturated heterocycles. The second kappa shape index (κ2) is 4.94. The largest absolute Gasteiger partial charge is 0.478 e. The van der Waals surface area contributed by atoms with E-state index in [0.717, 1.165) is 16.8 Å². The van der Waals surface area contributed by atoms with Crippen LogP contribution in [0.3, 0.4) is 0 Å². The highest BCUT2D eigenvalue weighted by Gasteiger charge is 2.19. The number of hydrogen-bond donors (Lipinski definition) is 1. The third kappa shape index (κ3) is 2.33. The average molecular weight is 282 g/mol. The molecule has 0 spiro atoms. The van der Waals surface area contributed by atoms with Gasteiger partial charge in [-0.3, -0.25) is 0 Å². The molecule has 0 unspecified atom stereocenters. The zero-order valence-electron chi connectivity index (χ0n) is 11.7. The van der Waals surface area contributed by atoms with Crippen LogP contribution in [0.4, 0.5) is 0 Å². The van der Waals surface area contributed by atoms with E-state index in [2.05, 4.69) is 5.10 Å². The molecule has 21 heavy (non-hydrogen) atoms. The normalized spacial score (nSPS) is 10.8. The van der Waals surface area contributed by atoms with Gasteiger partial charge in [-0.15, -0.1) is 0 Å². The number of carbonyl (C=O) groups is 1. The molecule has 106 valence electrons. The number of hydrogen-bond acceptors (Lipinski definition) is 3. The highest BCUT2D eigenvalue weighted by Crippen LogP contribution is 2.25. The van der Waals surface area contributed by atoms with Crippen LogP contribution < -0.4 is 0 Å². The van der Waals surface area contributed by atoms with E-state index in [1.165, 1.54) is 18.7 Å². The molecule has 1 N–H and O–H groups in total. The summed E-state index contributed by atoms with van der Waals surface area (Å²) in [6, 6.07) is 7.64. The molecule has 0 saturated carbocycles. The van der Waals surface area contributed by atoms with Crippen LogP contribution in [0.2, 0.25) is 0 Å². The molecule has 1 aromatic carbocycles. The summed E-state index contributed by atoms with van der Waals surface area (Å²) >= 11 is 0. The van der Waals surface area contributed by atoms with Crippen LogP contribution in [0.5, 0.6) is 0 Å². The molecular weight excluding hydrogens is 268 g/mol. The molecule has 3 aromatic rings. The van der Waals surface area contributed by atoms with E-state index in [1.54, 1.807) is 10.7 Å². The minimum atomic E-state index is -1.01. The Bertz CT molecular complexity index is 801. The summed E-state index contributed by atoms with van der Waals surface area (Å²) in [6.45, 7) is 3.99. The van der Waals surface area contributed by atoms with Gasteiger partial charge in [0.05, 0.1) is 18.2 Å². The molecule has 2 aromatic heterocycles. The number of carboxylic acid groups (broad SMARTS) is 1. The van der Waals surface area contributed by atoms with Gasteiger partial charge in [0.25, 0.3) is 0 Å². The molecule has 0 aliphatic carbocycles. The van der Waals surface area contributed by atoms with Gasteiger partial charge >= 0.3 is 5.97 Å². The van der Waals surface area contributed by atoms with E-state index in [4.69, 9.17) is 4.42 Å². The smallest absolute Gasteiger partial charge is 0.339 e. The molecular formula is C16H14N2O3. The molecule has 5 heteroatoms. The van der Waals surface area contributed by atoms with Crippen molar-refractivity contribution in [3.63, 3.8) is 0 Å². The summed E-state index contributed by atoms with van der Waals surface area (Å²) in [7, 11) is 0. The Morgan fingerprint density at radius 1 is 1.29 bits per heavy atom. The molecule has 3 rings (SSSR count). The fourth-order valence-corrected chi connectivity index (χ4v) is 2.33. The average Bonchev–Trinajstić information content (AvgIpc) is 3.07. The summed E-state index contributed by atoms with van der Waals surface area (Å²) in [6.07, 6.45) is 4.51.